The molecule has 0 saturated carbocycles. The third kappa shape index (κ3) is 639. The zero-order valence-corrected chi connectivity index (χ0v) is 209. The summed E-state index contributed by atoms with van der Waals surface area (Å²) in [5.74, 6) is 0. The molecule has 75 heavy (non-hydrogen) atoms. The van der Waals surface area contributed by atoms with Crippen molar-refractivity contribution in [3.8, 4) is 0 Å². The van der Waals surface area contributed by atoms with Gasteiger partial charge in [-0.05, 0) is 0 Å². The van der Waals surface area contributed by atoms with Gasteiger partial charge in [0, 0.05) is 1820 Å². The summed E-state index contributed by atoms with van der Waals surface area (Å²) in [4.78, 5) is 0. The first-order chi connectivity index (χ1) is 4.00. The molecule has 0 aromatic heterocycles. The van der Waals surface area contributed by atoms with Crippen LogP contribution in [0.4, 0.5) is 0 Å². The van der Waals surface area contributed by atoms with Crippen molar-refractivity contribution in [3.05, 3.63) is 81.7 Å². The van der Waals surface area contributed by atoms with Crippen molar-refractivity contribution in [1.29, 1.82) is 0 Å². The Kier molecular flexibility index (Phi) is 5060. The van der Waals surface area contributed by atoms with Crippen molar-refractivity contribution in [2.24, 2.45) is 0 Å². The minimum absolute atomic E-state index is 0. The molecular formula is C19H57PtY55-11. The van der Waals surface area contributed by atoms with Gasteiger partial charge in [-0.15, -0.1) is 0 Å². The maximum absolute atomic E-state index is 2.00. The van der Waals surface area contributed by atoms with Crippen LogP contribution in [0.3, 0.4) is 0 Å². The van der Waals surface area contributed by atoms with Crippen LogP contribution in [0, 0.1) is 81.7 Å². The van der Waals surface area contributed by atoms with Gasteiger partial charge in [0.05, 0.1) is 0 Å². The fraction of sp³-hybridized carbons (Fsp3) is 0.421. The summed E-state index contributed by atoms with van der Waals surface area (Å²) >= 11 is 0. The molecule has 0 nitrogen and oxygen atoms in total. The Hall–Kier alpha value is 61.4. The first-order valence-corrected chi connectivity index (χ1v) is 4.00. The SMILES string of the molecule is CC.CC.CC.CC.[CH3-].[CH3-].[CH3-].[CH3-].[CH3-].[CH3-].[CH3-].[CH3-].[CH3-].[CH3-].[CH3-].[Pt].[Y].[Y].[Y].[Y].[Y].[Y].[Y].[Y].[Y].[Y].[Y].[Y].[Y].[Y].[Y].[Y].[Y].[Y].[Y].[Y].[Y].[Y].[Y].[Y].[Y].[Y].[Y].[Y].[Y].[Y].[Y].[Y].[Y].[Y].[Y].[Y].[Y].[Y].[Y].[Y].[Y].[Y].[Y].[Y].[Y].[Y].[Y].[Y].[Y].[Y].[Y].[Y].[Y].[Y].[Y]. The molecule has 0 rings (SSSR count). The molecule has 0 saturated heterocycles. The normalized spacial score (nSPS) is 0.320. The van der Waals surface area contributed by atoms with Crippen LogP contribution >= 0.6 is 0 Å². The van der Waals surface area contributed by atoms with Gasteiger partial charge in [0.1, 0.15) is 0 Å². The molecular weight excluding hydrogens is 5310 g/mol. The van der Waals surface area contributed by atoms with E-state index in [1.807, 2.05) is 55.4 Å². The molecule has 0 unspecified atom stereocenters. The van der Waals surface area contributed by atoms with Crippen LogP contribution in [-0.2, 0) is 1820 Å². The van der Waals surface area contributed by atoms with Crippen molar-refractivity contribution in [2.75, 3.05) is 0 Å². The number of hydrogen-bond donors (Lipinski definition) is 0. The largest absolute Gasteiger partial charge is 0.358 e. The summed E-state index contributed by atoms with van der Waals surface area (Å²) in [5, 5.41) is 0. The predicted octanol–water partition coefficient (Wildman–Crippen LogP) is 8.92. The van der Waals surface area contributed by atoms with E-state index in [9.17, 15) is 0 Å². The minimum atomic E-state index is 0. The Balaban J connectivity index is -0.0000000000318. The summed E-state index contributed by atoms with van der Waals surface area (Å²) < 4.78 is 0. The van der Waals surface area contributed by atoms with Crippen molar-refractivity contribution >= 4 is 0 Å². The predicted molar refractivity (Wildman–Crippen MR) is 116 cm³/mol. The molecule has 0 heterocycles. The zero-order chi connectivity index (χ0) is 8.00. The van der Waals surface area contributed by atoms with Gasteiger partial charge in [-0.3, -0.25) is 0 Å². The number of rotatable bonds is 0. The van der Waals surface area contributed by atoms with Crippen LogP contribution in [0.15, 0.2) is 0 Å². The molecule has 0 aromatic rings. The Morgan fingerprint density at radius 2 is 0.0667 bits per heavy atom. The van der Waals surface area contributed by atoms with Gasteiger partial charge in [0.25, 0.3) is 0 Å². The Morgan fingerprint density at radius 1 is 0.0667 bits per heavy atom. The molecule has 319 valence electrons. The van der Waals surface area contributed by atoms with E-state index in [1.54, 1.807) is 0 Å². The summed E-state index contributed by atoms with van der Waals surface area (Å²) in [7, 11) is 0. The van der Waals surface area contributed by atoms with Gasteiger partial charge in [-0.1, -0.05) is 55.4 Å². The average molecular weight is 5370 g/mol. The minimum Gasteiger partial charge on any atom is -0.358 e. The van der Waals surface area contributed by atoms with Crippen molar-refractivity contribution in [1.82, 2.24) is 0 Å². The summed E-state index contributed by atoms with van der Waals surface area (Å²) in [6, 6.07) is 0. The smallest absolute Gasteiger partial charge is 0 e. The average Bonchev–Trinajstić information content (AvgIpc) is 2.03. The van der Waals surface area contributed by atoms with E-state index in [-0.39, 0.29) is 1900 Å². The summed E-state index contributed by atoms with van der Waals surface area (Å²) in [5.41, 5.74) is 0. The van der Waals surface area contributed by atoms with Crippen molar-refractivity contribution in [2.45, 2.75) is 55.4 Å². The van der Waals surface area contributed by atoms with E-state index in [0.29, 0.717) is 0 Å². The van der Waals surface area contributed by atoms with Gasteiger partial charge < -0.3 is 81.7 Å². The van der Waals surface area contributed by atoms with Gasteiger partial charge >= 0.3 is 0 Å². The fourth-order valence-corrected chi connectivity index (χ4v) is 0. The fourth-order valence-electron chi connectivity index (χ4n) is 0. The Morgan fingerprint density at radius 3 is 0.0667 bits per heavy atom. The van der Waals surface area contributed by atoms with Crippen LogP contribution in [0.1, 0.15) is 55.4 Å². The van der Waals surface area contributed by atoms with Crippen LogP contribution in [0.5, 0.6) is 0 Å². The Bertz CT molecular complexity index is 68.5. The summed E-state index contributed by atoms with van der Waals surface area (Å²) in [6.45, 7) is 16.0. The van der Waals surface area contributed by atoms with Gasteiger partial charge in [-0.2, -0.15) is 0 Å². The molecule has 0 spiro atoms. The van der Waals surface area contributed by atoms with E-state index in [4.69, 9.17) is 0 Å². The van der Waals surface area contributed by atoms with E-state index in [2.05, 4.69) is 0 Å². The maximum atomic E-state index is 2.00. The molecule has 0 aliphatic carbocycles. The summed E-state index contributed by atoms with van der Waals surface area (Å²) in [6.07, 6.45) is 0. The van der Waals surface area contributed by atoms with E-state index < -0.39 is 0 Å². The molecule has 0 aliphatic rings. The van der Waals surface area contributed by atoms with Gasteiger partial charge in [-0.25, -0.2) is 0 Å². The maximum Gasteiger partial charge on any atom is 0 e. The molecule has 0 aliphatic heterocycles. The second kappa shape index (κ2) is 649. The molecule has 0 bridgehead atoms. The molecule has 56 heteroatoms. The molecule has 0 fully saturated rings. The molecule has 0 N–H and O–H groups in total. The van der Waals surface area contributed by atoms with E-state index in [1.165, 1.54) is 0 Å². The van der Waals surface area contributed by atoms with Crippen molar-refractivity contribution < 1.29 is 1820 Å². The van der Waals surface area contributed by atoms with Gasteiger partial charge in [0.15, 0.2) is 0 Å². The molecule has 55 radical (unpaired) electrons. The third-order valence-corrected chi connectivity index (χ3v) is 0. The monoisotopic (exact) mass is 5370 g/mol. The van der Waals surface area contributed by atoms with E-state index >= 15 is 0 Å². The molecule has 0 amide bonds. The molecule has 0 aromatic carbocycles. The Labute approximate surface area is 1880 Å². The molecule has 0 atom stereocenters. The first kappa shape index (κ1) is 585. The zero-order valence-electron chi connectivity index (χ0n) is 51.1. The topological polar surface area (TPSA) is 0 Å². The van der Waals surface area contributed by atoms with E-state index in [0.717, 1.165) is 0 Å². The first-order valence-electron chi connectivity index (χ1n) is 4.00. The standard InChI is InChI=1S/4C2H6.11CH3.Pt.55Y/c4*1-2;;;;;;;;;;;;;;;;;;;;;;;;;;;;;;;;;;;;;;;;;;;;;;;;;;;;;;;;;;;;;;;;;;;/h4*1-2H3;11*1H3;;;;;;;;;;;;;;;;;;;;;;;;;;;;;;;;;;;;;;;;;;;;;;;;;;;;;;;;/q;;;;11*-1;;;;;;;;;;;;;;;;;;;;;;;;;;;;;;;;;;;;;;;;;;;;;;;;;;;;;;;;. The van der Waals surface area contributed by atoms with Gasteiger partial charge in [0.2, 0.25) is 0 Å². The van der Waals surface area contributed by atoms with Crippen LogP contribution in [0.2, 0.25) is 0 Å². The second-order valence-corrected chi connectivity index (χ2v) is 0. The van der Waals surface area contributed by atoms with Crippen molar-refractivity contribution in [3.63, 3.8) is 0 Å². The quantitative estimate of drug-likeness (QED) is 0.213. The third-order valence-electron chi connectivity index (χ3n) is 0. The van der Waals surface area contributed by atoms with Crippen LogP contribution < -0.4 is 0 Å². The number of hydrogen-bond acceptors (Lipinski definition) is 0. The second-order valence-electron chi connectivity index (χ2n) is 0. The van der Waals surface area contributed by atoms with Crippen LogP contribution in [0.25, 0.3) is 0 Å². The van der Waals surface area contributed by atoms with Crippen LogP contribution in [-0.4, -0.2) is 0 Å².